The average molecular weight is 298 g/mol. The number of carbonyl (C=O) groups excluding carboxylic acids is 1. The van der Waals surface area contributed by atoms with Gasteiger partial charge in [-0.15, -0.1) is 11.3 Å². The maximum Gasteiger partial charge on any atom is 0.229 e. The summed E-state index contributed by atoms with van der Waals surface area (Å²) < 4.78 is 0.944. The number of carbonyl (C=O) groups is 1. The standard InChI is InChI=1S/C15H15BN2O2S/c1-15(2)10-11(15)14(20)18(13(10)19)6-7-5-9-12(21-7)8(16)3-4-17-9/h3-5,10-11,13,19H,6H2,1-2H3. The maximum atomic E-state index is 12.4. The van der Waals surface area contributed by atoms with Gasteiger partial charge in [0.15, 0.2) is 0 Å². The van der Waals surface area contributed by atoms with Gasteiger partial charge in [0.05, 0.1) is 18.0 Å². The van der Waals surface area contributed by atoms with E-state index in [9.17, 15) is 9.90 Å². The first-order chi connectivity index (χ1) is 9.91. The lowest BCUT2D eigenvalue weighted by atomic mass is 9.97. The smallest absolute Gasteiger partial charge is 0.229 e. The van der Waals surface area contributed by atoms with Crippen molar-refractivity contribution in [3.8, 4) is 0 Å². The molecule has 0 bridgehead atoms. The van der Waals surface area contributed by atoms with Gasteiger partial charge in [-0.1, -0.05) is 19.3 Å². The zero-order valence-electron chi connectivity index (χ0n) is 11.9. The Morgan fingerprint density at radius 2 is 2.29 bits per heavy atom. The summed E-state index contributed by atoms with van der Waals surface area (Å²) in [5.74, 6) is 0.114. The van der Waals surface area contributed by atoms with E-state index in [1.54, 1.807) is 17.2 Å². The van der Waals surface area contributed by atoms with Gasteiger partial charge in [0.25, 0.3) is 0 Å². The summed E-state index contributed by atoms with van der Waals surface area (Å²) in [6.45, 7) is 4.53. The third kappa shape index (κ3) is 1.72. The highest BCUT2D eigenvalue weighted by atomic mass is 32.1. The van der Waals surface area contributed by atoms with Gasteiger partial charge in [-0.2, -0.15) is 0 Å². The summed E-state index contributed by atoms with van der Waals surface area (Å²) in [4.78, 5) is 19.3. The highest BCUT2D eigenvalue weighted by molar-refractivity contribution is 7.20. The maximum absolute atomic E-state index is 12.4. The lowest BCUT2D eigenvalue weighted by Gasteiger charge is -2.26. The van der Waals surface area contributed by atoms with Crippen molar-refractivity contribution in [2.24, 2.45) is 17.3 Å². The molecule has 21 heavy (non-hydrogen) atoms. The molecule has 1 amide bonds. The van der Waals surface area contributed by atoms with Crippen LogP contribution in [0, 0.1) is 17.3 Å². The molecule has 2 aliphatic rings. The van der Waals surface area contributed by atoms with Crippen LogP contribution in [0.1, 0.15) is 18.7 Å². The van der Waals surface area contributed by atoms with Crippen LogP contribution in [-0.2, 0) is 11.3 Å². The molecule has 1 aliphatic carbocycles. The van der Waals surface area contributed by atoms with Crippen LogP contribution in [0.3, 0.4) is 0 Å². The fraction of sp³-hybridized carbons (Fsp3) is 0.467. The molecule has 2 aromatic heterocycles. The quantitative estimate of drug-likeness (QED) is 0.842. The molecule has 3 atom stereocenters. The third-order valence-corrected chi connectivity index (χ3v) is 6.08. The molecule has 0 spiro atoms. The normalized spacial score (nSPS) is 30.0. The van der Waals surface area contributed by atoms with Crippen LogP contribution in [0.2, 0.25) is 0 Å². The summed E-state index contributed by atoms with van der Waals surface area (Å²) in [5.41, 5.74) is 1.49. The van der Waals surface area contributed by atoms with E-state index in [1.165, 1.54) is 11.3 Å². The number of fused-ring (bicyclic) bond motifs is 2. The number of piperidine rings is 1. The molecular weight excluding hydrogens is 283 g/mol. The van der Waals surface area contributed by atoms with Crippen molar-refractivity contribution < 1.29 is 9.90 Å². The van der Waals surface area contributed by atoms with Gasteiger partial charge in [-0.05, 0) is 17.5 Å². The molecule has 6 heteroatoms. The lowest BCUT2D eigenvalue weighted by molar-refractivity contribution is -0.140. The Morgan fingerprint density at radius 1 is 1.52 bits per heavy atom. The van der Waals surface area contributed by atoms with Gasteiger partial charge >= 0.3 is 0 Å². The number of rotatable bonds is 2. The van der Waals surface area contributed by atoms with Crippen molar-refractivity contribution in [3.05, 3.63) is 23.2 Å². The molecular formula is C15H15BN2O2S. The number of aliphatic hydroxyl groups excluding tert-OH is 1. The number of aromatic nitrogens is 1. The van der Waals surface area contributed by atoms with Gasteiger partial charge < -0.3 is 10.0 Å². The minimum atomic E-state index is -0.673. The first-order valence-corrected chi connectivity index (χ1v) is 7.84. The number of nitrogens with zero attached hydrogens (tertiary/aromatic N) is 2. The van der Waals surface area contributed by atoms with Crippen LogP contribution in [0.15, 0.2) is 18.3 Å². The summed E-state index contributed by atoms with van der Waals surface area (Å²) >= 11 is 1.54. The third-order valence-electron chi connectivity index (χ3n) is 4.92. The number of thiophene rings is 1. The second-order valence-corrected chi connectivity index (χ2v) is 7.67. The highest BCUT2D eigenvalue weighted by Crippen LogP contribution is 2.65. The SMILES string of the molecule is [B]c1ccnc2cc(CN3C(=O)C4C(C3O)C4(C)C)sc12. The molecule has 3 heterocycles. The number of amides is 1. The summed E-state index contributed by atoms with van der Waals surface area (Å²) in [5, 5.41) is 10.4. The summed E-state index contributed by atoms with van der Waals surface area (Å²) in [6.07, 6.45) is 1.01. The molecule has 106 valence electrons. The Kier molecular flexibility index (Phi) is 2.58. The molecule has 1 saturated carbocycles. The number of likely N-dealkylation sites (tertiary alicyclic amines) is 1. The average Bonchev–Trinajstić information content (AvgIpc) is 2.71. The van der Waals surface area contributed by atoms with E-state index < -0.39 is 6.23 Å². The number of hydrogen-bond donors (Lipinski definition) is 1. The molecule has 2 aromatic rings. The van der Waals surface area contributed by atoms with Crippen molar-refractivity contribution >= 4 is 40.8 Å². The van der Waals surface area contributed by atoms with Crippen molar-refractivity contribution in [1.82, 2.24) is 9.88 Å². The topological polar surface area (TPSA) is 53.4 Å². The summed E-state index contributed by atoms with van der Waals surface area (Å²) in [7, 11) is 5.94. The van der Waals surface area contributed by atoms with E-state index in [1.807, 2.05) is 19.9 Å². The van der Waals surface area contributed by atoms with Crippen LogP contribution in [-0.4, -0.2) is 35.0 Å². The minimum Gasteiger partial charge on any atom is -0.373 e. The van der Waals surface area contributed by atoms with Gasteiger partial charge in [0, 0.05) is 21.7 Å². The van der Waals surface area contributed by atoms with Crippen molar-refractivity contribution in [1.29, 1.82) is 0 Å². The molecule has 1 N–H and O–H groups in total. The van der Waals surface area contributed by atoms with Crippen molar-refractivity contribution in [2.45, 2.75) is 26.6 Å². The minimum absolute atomic E-state index is 0.0231. The van der Waals surface area contributed by atoms with E-state index in [4.69, 9.17) is 7.85 Å². The molecule has 1 saturated heterocycles. The molecule has 4 rings (SSSR count). The van der Waals surface area contributed by atoms with Crippen molar-refractivity contribution in [2.75, 3.05) is 0 Å². The highest BCUT2D eigenvalue weighted by Gasteiger charge is 2.71. The van der Waals surface area contributed by atoms with Crippen molar-refractivity contribution in [3.63, 3.8) is 0 Å². The number of pyridine rings is 1. The zero-order valence-corrected chi connectivity index (χ0v) is 12.7. The van der Waals surface area contributed by atoms with E-state index in [-0.39, 0.29) is 23.2 Å². The van der Waals surface area contributed by atoms with Crippen LogP contribution < -0.4 is 5.46 Å². The van der Waals surface area contributed by atoms with Crippen LogP contribution in [0.5, 0.6) is 0 Å². The van der Waals surface area contributed by atoms with Gasteiger partial charge in [-0.3, -0.25) is 9.78 Å². The lowest BCUT2D eigenvalue weighted by Crippen LogP contribution is -2.38. The summed E-state index contributed by atoms with van der Waals surface area (Å²) in [6, 6.07) is 3.72. The van der Waals surface area contributed by atoms with Crippen LogP contribution in [0.4, 0.5) is 0 Å². The molecule has 3 unspecified atom stereocenters. The van der Waals surface area contributed by atoms with Gasteiger partial charge in [0.1, 0.15) is 14.1 Å². The Hall–Kier alpha value is -1.40. The first kappa shape index (κ1) is 13.3. The monoisotopic (exact) mass is 298 g/mol. The Morgan fingerprint density at radius 3 is 2.90 bits per heavy atom. The zero-order chi connectivity index (χ0) is 14.9. The Balaban J connectivity index is 1.62. The van der Waals surface area contributed by atoms with Gasteiger partial charge in [0.2, 0.25) is 5.91 Å². The predicted octanol–water partition coefficient (Wildman–Crippen LogP) is 1.02. The van der Waals surface area contributed by atoms with Crippen LogP contribution >= 0.6 is 11.3 Å². The molecule has 4 nitrogen and oxygen atoms in total. The largest absolute Gasteiger partial charge is 0.373 e. The fourth-order valence-corrected chi connectivity index (χ4v) is 4.67. The predicted molar refractivity (Wildman–Crippen MR) is 82.3 cm³/mol. The molecule has 2 fully saturated rings. The second-order valence-electron chi connectivity index (χ2n) is 6.53. The van der Waals surface area contributed by atoms with Gasteiger partial charge in [-0.25, -0.2) is 0 Å². The fourth-order valence-electron chi connectivity index (χ4n) is 3.63. The Labute approximate surface area is 128 Å². The van der Waals surface area contributed by atoms with E-state index in [0.29, 0.717) is 12.0 Å². The first-order valence-electron chi connectivity index (χ1n) is 7.02. The van der Waals surface area contributed by atoms with E-state index >= 15 is 0 Å². The van der Waals surface area contributed by atoms with Crippen LogP contribution in [0.25, 0.3) is 10.2 Å². The van der Waals surface area contributed by atoms with E-state index in [0.717, 1.165) is 15.1 Å². The number of aliphatic hydroxyl groups is 1. The number of hydrogen-bond acceptors (Lipinski definition) is 4. The molecule has 2 radical (unpaired) electrons. The second kappa shape index (κ2) is 4.08. The molecule has 1 aliphatic heterocycles. The van der Waals surface area contributed by atoms with E-state index in [2.05, 4.69) is 4.98 Å². The molecule has 0 aromatic carbocycles. The Bertz CT molecular complexity index is 757.